The zero-order chi connectivity index (χ0) is 13.1. The van der Waals surface area contributed by atoms with E-state index in [-0.39, 0.29) is 0 Å². The molecule has 2 aromatic rings. The van der Waals surface area contributed by atoms with E-state index in [1.54, 1.807) is 6.20 Å². The molecule has 1 N–H and O–H groups in total. The largest absolute Gasteiger partial charge is 0.317 e. The summed E-state index contributed by atoms with van der Waals surface area (Å²) in [6, 6.07) is 7.69. The summed E-state index contributed by atoms with van der Waals surface area (Å²) < 4.78 is 12.3. The van der Waals surface area contributed by atoms with Crippen LogP contribution in [0, 0.1) is 5.92 Å². The van der Waals surface area contributed by atoms with Crippen LogP contribution < -0.4 is 5.32 Å². The van der Waals surface area contributed by atoms with Gasteiger partial charge in [-0.25, -0.2) is 4.98 Å². The number of nitrogens with zero attached hydrogens (tertiary/aromatic N) is 2. The summed E-state index contributed by atoms with van der Waals surface area (Å²) in [7, 11) is -1.04. The first-order valence-electron chi connectivity index (χ1n) is 6.64. The van der Waals surface area contributed by atoms with E-state index in [4.69, 9.17) is 0 Å². The van der Waals surface area contributed by atoms with Crippen molar-refractivity contribution in [1.82, 2.24) is 15.3 Å². The van der Waals surface area contributed by atoms with Gasteiger partial charge >= 0.3 is 0 Å². The molecule has 0 spiro atoms. The molecule has 0 bridgehead atoms. The average Bonchev–Trinajstić information content (AvgIpc) is 2.48. The second-order valence-corrected chi connectivity index (χ2v) is 6.35. The van der Waals surface area contributed by atoms with E-state index >= 15 is 0 Å². The van der Waals surface area contributed by atoms with E-state index in [1.807, 2.05) is 24.3 Å². The lowest BCUT2D eigenvalue weighted by Gasteiger charge is -2.21. The molecule has 1 fully saturated rings. The van der Waals surface area contributed by atoms with Gasteiger partial charge < -0.3 is 5.32 Å². The number of para-hydroxylation sites is 2. The van der Waals surface area contributed by atoms with Crippen molar-refractivity contribution in [1.29, 1.82) is 0 Å². The normalized spacial score (nSPS) is 18.5. The van der Waals surface area contributed by atoms with Crippen molar-refractivity contribution >= 4 is 21.8 Å². The molecule has 4 nitrogen and oxygen atoms in total. The average molecular weight is 275 g/mol. The summed E-state index contributed by atoms with van der Waals surface area (Å²) in [6.45, 7) is 2.07. The fraction of sp³-hybridized carbons (Fsp3) is 0.429. The number of piperidine rings is 1. The number of hydrogen-bond donors (Lipinski definition) is 1. The minimum absolute atomic E-state index is 0.537. The van der Waals surface area contributed by atoms with Gasteiger partial charge in [-0.1, -0.05) is 12.1 Å². The van der Waals surface area contributed by atoms with Crippen LogP contribution in [0.2, 0.25) is 0 Å². The monoisotopic (exact) mass is 275 g/mol. The Morgan fingerprint density at radius 2 is 1.95 bits per heavy atom. The minimum atomic E-state index is -1.04. The summed E-state index contributed by atoms with van der Waals surface area (Å²) in [5, 5.41) is 3.93. The van der Waals surface area contributed by atoms with E-state index in [9.17, 15) is 4.21 Å². The van der Waals surface area contributed by atoms with Crippen molar-refractivity contribution in [2.75, 3.05) is 18.8 Å². The Morgan fingerprint density at radius 3 is 2.74 bits per heavy atom. The molecule has 19 heavy (non-hydrogen) atoms. The van der Waals surface area contributed by atoms with Gasteiger partial charge in [0.25, 0.3) is 0 Å². The molecule has 1 atom stereocenters. The molecule has 0 aliphatic carbocycles. The lowest BCUT2D eigenvalue weighted by molar-refractivity contribution is 0.405. The molecular formula is C14H17N3OS. The molecule has 2 heterocycles. The van der Waals surface area contributed by atoms with E-state index in [1.165, 1.54) is 0 Å². The second kappa shape index (κ2) is 5.75. The molecule has 0 amide bonds. The van der Waals surface area contributed by atoms with Crippen molar-refractivity contribution in [3.8, 4) is 0 Å². The molecule has 1 aliphatic heterocycles. The Bertz CT molecular complexity index is 596. The van der Waals surface area contributed by atoms with E-state index in [0.717, 1.165) is 37.0 Å². The molecule has 0 radical (unpaired) electrons. The van der Waals surface area contributed by atoms with Crippen molar-refractivity contribution in [2.24, 2.45) is 5.92 Å². The van der Waals surface area contributed by atoms with Crippen LogP contribution in [0.3, 0.4) is 0 Å². The SMILES string of the molecule is O=S(CC1CCNCC1)c1cnc2ccccc2n1. The molecule has 1 aliphatic rings. The number of nitrogens with one attached hydrogen (secondary N) is 1. The zero-order valence-corrected chi connectivity index (χ0v) is 11.5. The van der Waals surface area contributed by atoms with Crippen LogP contribution in [0.25, 0.3) is 11.0 Å². The number of aromatic nitrogens is 2. The first kappa shape index (κ1) is 12.7. The molecule has 100 valence electrons. The highest BCUT2D eigenvalue weighted by Gasteiger charge is 2.18. The highest BCUT2D eigenvalue weighted by molar-refractivity contribution is 7.84. The van der Waals surface area contributed by atoms with E-state index in [2.05, 4.69) is 15.3 Å². The maximum Gasteiger partial charge on any atom is 0.146 e. The third-order valence-corrected chi connectivity index (χ3v) is 4.94. The molecular weight excluding hydrogens is 258 g/mol. The van der Waals surface area contributed by atoms with Gasteiger partial charge in [-0.2, -0.15) is 0 Å². The fourth-order valence-electron chi connectivity index (χ4n) is 2.40. The summed E-state index contributed by atoms with van der Waals surface area (Å²) >= 11 is 0. The first-order chi connectivity index (χ1) is 9.33. The van der Waals surface area contributed by atoms with Gasteiger partial charge in [-0.05, 0) is 44.0 Å². The lowest BCUT2D eigenvalue weighted by atomic mass is 10.0. The summed E-state index contributed by atoms with van der Waals surface area (Å²) in [5.74, 6) is 1.24. The molecule has 1 aromatic carbocycles. The van der Waals surface area contributed by atoms with Gasteiger partial charge in [0.15, 0.2) is 0 Å². The van der Waals surface area contributed by atoms with Gasteiger partial charge in [-0.15, -0.1) is 0 Å². The summed E-state index contributed by atoms with van der Waals surface area (Å²) in [5.41, 5.74) is 1.67. The maximum atomic E-state index is 12.3. The Kier molecular flexibility index (Phi) is 3.84. The number of hydrogen-bond acceptors (Lipinski definition) is 4. The van der Waals surface area contributed by atoms with Crippen molar-refractivity contribution in [3.05, 3.63) is 30.5 Å². The highest BCUT2D eigenvalue weighted by atomic mass is 32.2. The number of rotatable bonds is 3. The van der Waals surface area contributed by atoms with Crippen LogP contribution in [0.1, 0.15) is 12.8 Å². The third-order valence-electron chi connectivity index (χ3n) is 3.51. The van der Waals surface area contributed by atoms with Crippen LogP contribution in [-0.2, 0) is 10.8 Å². The molecule has 1 saturated heterocycles. The van der Waals surface area contributed by atoms with Gasteiger partial charge in [0.05, 0.1) is 28.0 Å². The van der Waals surface area contributed by atoms with E-state index in [0.29, 0.717) is 16.7 Å². The zero-order valence-electron chi connectivity index (χ0n) is 10.7. The summed E-state index contributed by atoms with van der Waals surface area (Å²) in [6.07, 6.45) is 3.86. The minimum Gasteiger partial charge on any atom is -0.317 e. The van der Waals surface area contributed by atoms with Crippen LogP contribution in [-0.4, -0.2) is 33.0 Å². The third kappa shape index (κ3) is 2.98. The Morgan fingerprint density at radius 1 is 1.21 bits per heavy atom. The topological polar surface area (TPSA) is 54.9 Å². The molecule has 1 unspecified atom stereocenters. The van der Waals surface area contributed by atoms with Crippen LogP contribution in [0.5, 0.6) is 0 Å². The van der Waals surface area contributed by atoms with Crippen LogP contribution in [0.4, 0.5) is 0 Å². The summed E-state index contributed by atoms with van der Waals surface area (Å²) in [4.78, 5) is 8.79. The first-order valence-corrected chi connectivity index (χ1v) is 7.96. The Hall–Kier alpha value is -1.33. The number of fused-ring (bicyclic) bond motifs is 1. The lowest BCUT2D eigenvalue weighted by Crippen LogP contribution is -2.30. The van der Waals surface area contributed by atoms with Crippen molar-refractivity contribution in [3.63, 3.8) is 0 Å². The van der Waals surface area contributed by atoms with Crippen molar-refractivity contribution < 1.29 is 4.21 Å². The van der Waals surface area contributed by atoms with Crippen LogP contribution >= 0.6 is 0 Å². The quantitative estimate of drug-likeness (QED) is 0.927. The Labute approximate surface area is 115 Å². The predicted octanol–water partition coefficient (Wildman–Crippen LogP) is 1.74. The fourth-order valence-corrected chi connectivity index (χ4v) is 3.70. The van der Waals surface area contributed by atoms with Crippen molar-refractivity contribution in [2.45, 2.75) is 17.9 Å². The number of benzene rings is 1. The van der Waals surface area contributed by atoms with Crippen LogP contribution in [0.15, 0.2) is 35.5 Å². The predicted molar refractivity (Wildman–Crippen MR) is 76.4 cm³/mol. The maximum absolute atomic E-state index is 12.3. The molecule has 1 aromatic heterocycles. The molecule has 5 heteroatoms. The molecule has 0 saturated carbocycles. The Balaban J connectivity index is 1.77. The van der Waals surface area contributed by atoms with Gasteiger partial charge in [0.1, 0.15) is 5.03 Å². The smallest absolute Gasteiger partial charge is 0.146 e. The van der Waals surface area contributed by atoms with Gasteiger partial charge in [0.2, 0.25) is 0 Å². The van der Waals surface area contributed by atoms with Gasteiger partial charge in [0, 0.05) is 5.75 Å². The standard InChI is InChI=1S/C14H17N3OS/c18-19(10-11-5-7-15-8-6-11)14-9-16-12-3-1-2-4-13(12)17-14/h1-4,9,11,15H,5-8,10H2. The van der Waals surface area contributed by atoms with E-state index < -0.39 is 10.8 Å². The molecule has 3 rings (SSSR count). The second-order valence-electron chi connectivity index (χ2n) is 4.90. The highest BCUT2D eigenvalue weighted by Crippen LogP contribution is 2.17. The van der Waals surface area contributed by atoms with Gasteiger partial charge in [-0.3, -0.25) is 9.19 Å².